The Morgan fingerprint density at radius 2 is 1.93 bits per heavy atom. The van der Waals surface area contributed by atoms with Crippen LogP contribution in [0.5, 0.6) is 0 Å². The van der Waals surface area contributed by atoms with Gasteiger partial charge in [-0.25, -0.2) is 15.0 Å². The van der Waals surface area contributed by atoms with E-state index in [9.17, 15) is 0 Å². The van der Waals surface area contributed by atoms with Gasteiger partial charge in [0.2, 0.25) is 5.95 Å². The maximum absolute atomic E-state index is 4.49. The predicted octanol–water partition coefficient (Wildman–Crippen LogP) is 4.05. The lowest BCUT2D eigenvalue weighted by Crippen LogP contribution is -2.33. The number of hydrogen-bond acceptors (Lipinski definition) is 4. The zero-order valence-corrected chi connectivity index (χ0v) is 17.0. The molecule has 0 spiro atoms. The van der Waals surface area contributed by atoms with Crippen LogP contribution < -0.4 is 15.3 Å². The number of nitrogens with zero attached hydrogens (tertiary/aromatic N) is 4. The summed E-state index contributed by atoms with van der Waals surface area (Å²) in [5.74, 6) is 0.643. The van der Waals surface area contributed by atoms with Gasteiger partial charge in [0.1, 0.15) is 4.60 Å². The number of rotatable bonds is 5. The molecule has 0 N–H and O–H groups in total. The lowest BCUT2D eigenvalue weighted by molar-refractivity contribution is 0.895. The van der Waals surface area contributed by atoms with Crippen LogP contribution in [-0.4, -0.2) is 15.0 Å². The Morgan fingerprint density at radius 3 is 2.63 bits per heavy atom. The molecule has 27 heavy (non-hydrogen) atoms. The van der Waals surface area contributed by atoms with Crippen molar-refractivity contribution in [1.82, 2.24) is 15.0 Å². The molecule has 3 aromatic rings. The van der Waals surface area contributed by atoms with E-state index in [0.717, 1.165) is 26.3 Å². The average molecular weight is 421 g/mol. The number of aromatic nitrogens is 3. The van der Waals surface area contributed by atoms with Gasteiger partial charge in [-0.15, -0.1) is 0 Å². The summed E-state index contributed by atoms with van der Waals surface area (Å²) >= 11 is 3.52. The van der Waals surface area contributed by atoms with Crippen LogP contribution in [0.1, 0.15) is 18.1 Å². The van der Waals surface area contributed by atoms with Crippen molar-refractivity contribution in [3.63, 3.8) is 0 Å². The summed E-state index contributed by atoms with van der Waals surface area (Å²) in [6.07, 6.45) is 11.3. The molecule has 0 saturated carbocycles. The molecule has 0 bridgehead atoms. The number of pyridine rings is 1. The fraction of sp³-hybridized carbons (Fsp3) is 0.136. The Hall–Kier alpha value is -2.79. The molecule has 0 radical (unpaired) electrons. The van der Waals surface area contributed by atoms with E-state index in [1.54, 1.807) is 12.4 Å². The minimum atomic E-state index is 0.573. The maximum atomic E-state index is 4.49. The summed E-state index contributed by atoms with van der Waals surface area (Å²) in [6, 6.07) is 10.1. The third-order valence-corrected chi connectivity index (χ3v) is 4.79. The molecular formula is C22H21BrN4. The van der Waals surface area contributed by atoms with Crippen LogP contribution in [-0.2, 0) is 6.54 Å². The Labute approximate surface area is 167 Å². The first-order chi connectivity index (χ1) is 13.1. The molecule has 0 amide bonds. The van der Waals surface area contributed by atoms with Crippen molar-refractivity contribution >= 4 is 40.2 Å². The number of benzene rings is 1. The Morgan fingerprint density at radius 1 is 1.15 bits per heavy atom. The van der Waals surface area contributed by atoms with Crippen molar-refractivity contribution in [3.05, 3.63) is 87.2 Å². The van der Waals surface area contributed by atoms with E-state index in [1.807, 2.05) is 43.5 Å². The lowest BCUT2D eigenvalue weighted by Gasteiger charge is -2.23. The molecule has 0 saturated heterocycles. The van der Waals surface area contributed by atoms with Crippen LogP contribution >= 0.6 is 15.9 Å². The van der Waals surface area contributed by atoms with Gasteiger partial charge >= 0.3 is 0 Å². The predicted molar refractivity (Wildman–Crippen MR) is 115 cm³/mol. The summed E-state index contributed by atoms with van der Waals surface area (Å²) in [5.41, 5.74) is 3.23. The molecule has 0 aliphatic rings. The quantitative estimate of drug-likeness (QED) is 0.583. The molecule has 3 rings (SSSR count). The van der Waals surface area contributed by atoms with Gasteiger partial charge in [-0.3, -0.25) is 0 Å². The number of hydrogen-bond donors (Lipinski definition) is 0. The zero-order chi connectivity index (χ0) is 19.2. The van der Waals surface area contributed by atoms with E-state index >= 15 is 0 Å². The topological polar surface area (TPSA) is 41.9 Å². The first-order valence-corrected chi connectivity index (χ1v) is 9.46. The Kier molecular flexibility index (Phi) is 6.14. The van der Waals surface area contributed by atoms with Crippen molar-refractivity contribution in [1.29, 1.82) is 0 Å². The van der Waals surface area contributed by atoms with E-state index in [4.69, 9.17) is 0 Å². The highest BCUT2D eigenvalue weighted by atomic mass is 79.9. The smallest absolute Gasteiger partial charge is 0.230 e. The van der Waals surface area contributed by atoms with Crippen molar-refractivity contribution in [2.24, 2.45) is 0 Å². The Bertz CT molecular complexity index is 1060. The van der Waals surface area contributed by atoms with E-state index < -0.39 is 0 Å². The highest BCUT2D eigenvalue weighted by Gasteiger charge is 2.14. The van der Waals surface area contributed by atoms with Crippen molar-refractivity contribution in [3.8, 4) is 0 Å². The molecule has 5 heteroatoms. The Balaban J connectivity index is 2.10. The van der Waals surface area contributed by atoms with Crippen molar-refractivity contribution in [2.75, 3.05) is 4.90 Å². The van der Waals surface area contributed by atoms with Crippen molar-refractivity contribution in [2.45, 2.75) is 20.4 Å². The SMILES string of the molecule is C=c1c(CN(c2cccc(C)c2)c2ncccn2)cnc(Br)/c1=C/C=C\C. The number of anilines is 2. The van der Waals surface area contributed by atoms with Gasteiger partial charge in [0.05, 0.1) is 6.54 Å². The zero-order valence-electron chi connectivity index (χ0n) is 15.4. The van der Waals surface area contributed by atoms with Crippen LogP contribution in [0.15, 0.2) is 65.7 Å². The molecule has 2 heterocycles. The van der Waals surface area contributed by atoms with Gasteiger partial charge in [-0.1, -0.05) is 36.9 Å². The van der Waals surface area contributed by atoms with Gasteiger partial charge in [0.15, 0.2) is 0 Å². The van der Waals surface area contributed by atoms with Crippen LogP contribution in [0.25, 0.3) is 12.7 Å². The minimum absolute atomic E-state index is 0.573. The van der Waals surface area contributed by atoms with Crippen LogP contribution in [0, 0.1) is 6.92 Å². The van der Waals surface area contributed by atoms with Gasteiger partial charge in [-0.05, 0) is 64.3 Å². The van der Waals surface area contributed by atoms with E-state index in [0.29, 0.717) is 12.5 Å². The molecule has 0 fully saturated rings. The first-order valence-electron chi connectivity index (χ1n) is 8.66. The summed E-state index contributed by atoms with van der Waals surface area (Å²) < 4.78 is 0.785. The highest BCUT2D eigenvalue weighted by molar-refractivity contribution is 9.10. The number of allylic oxidation sites excluding steroid dienone is 2. The number of halogens is 1. The molecule has 0 atom stereocenters. The van der Waals surface area contributed by atoms with Gasteiger partial charge in [0, 0.05) is 29.5 Å². The van der Waals surface area contributed by atoms with E-state index in [-0.39, 0.29) is 0 Å². The molecule has 136 valence electrons. The lowest BCUT2D eigenvalue weighted by atomic mass is 10.1. The second-order valence-corrected chi connectivity index (χ2v) is 6.88. The monoisotopic (exact) mass is 420 g/mol. The standard InChI is InChI=1S/C22H21BrN4/c1-4-5-10-20-17(3)18(14-26-21(20)23)15-27(22-24-11-7-12-25-22)19-9-6-8-16(2)13-19/h4-14H,3,15H2,1-2H3/b5-4-,20-10+. The van der Waals surface area contributed by atoms with Gasteiger partial charge in [0.25, 0.3) is 0 Å². The normalized spacial score (nSPS) is 11.9. The fourth-order valence-corrected chi connectivity index (χ4v) is 3.23. The fourth-order valence-electron chi connectivity index (χ4n) is 2.75. The highest BCUT2D eigenvalue weighted by Crippen LogP contribution is 2.24. The molecule has 2 aromatic heterocycles. The molecular weight excluding hydrogens is 400 g/mol. The first kappa shape index (κ1) is 19.0. The average Bonchev–Trinajstić information content (AvgIpc) is 2.68. The van der Waals surface area contributed by atoms with Crippen LogP contribution in [0.3, 0.4) is 0 Å². The van der Waals surface area contributed by atoms with Crippen LogP contribution in [0.2, 0.25) is 0 Å². The summed E-state index contributed by atoms with van der Waals surface area (Å²) in [6.45, 7) is 8.92. The molecule has 4 nitrogen and oxygen atoms in total. The minimum Gasteiger partial charge on any atom is -0.306 e. The molecule has 0 aliphatic carbocycles. The molecule has 0 aliphatic heterocycles. The second kappa shape index (κ2) is 8.73. The summed E-state index contributed by atoms with van der Waals surface area (Å²) in [7, 11) is 0. The molecule has 1 aromatic carbocycles. The summed E-state index contributed by atoms with van der Waals surface area (Å²) in [4.78, 5) is 15.5. The third-order valence-electron chi connectivity index (χ3n) is 4.16. The largest absolute Gasteiger partial charge is 0.306 e. The van der Waals surface area contributed by atoms with Crippen LogP contribution in [0.4, 0.5) is 11.6 Å². The van der Waals surface area contributed by atoms with E-state index in [2.05, 4.69) is 67.5 Å². The maximum Gasteiger partial charge on any atom is 0.230 e. The molecule has 0 unspecified atom stereocenters. The third kappa shape index (κ3) is 4.49. The second-order valence-electron chi connectivity index (χ2n) is 6.13. The van der Waals surface area contributed by atoms with Crippen molar-refractivity contribution < 1.29 is 0 Å². The van der Waals surface area contributed by atoms with Gasteiger partial charge in [-0.2, -0.15) is 0 Å². The van der Waals surface area contributed by atoms with Gasteiger partial charge < -0.3 is 4.90 Å². The summed E-state index contributed by atoms with van der Waals surface area (Å²) in [5, 5.41) is 1.91. The number of aryl methyl sites for hydroxylation is 1. The van der Waals surface area contributed by atoms with E-state index in [1.165, 1.54) is 5.56 Å².